The maximum Gasteiger partial charge on any atom is 0.423 e. The molecule has 0 radical (unpaired) electrons. The van der Waals surface area contributed by atoms with Crippen molar-refractivity contribution in [2.24, 2.45) is 17.8 Å². The van der Waals surface area contributed by atoms with Crippen molar-refractivity contribution in [3.63, 3.8) is 0 Å². The third-order valence-electron chi connectivity index (χ3n) is 7.49. The summed E-state index contributed by atoms with van der Waals surface area (Å²) in [5.74, 6) is -3.85. The van der Waals surface area contributed by atoms with Gasteiger partial charge in [-0.05, 0) is 49.5 Å². The van der Waals surface area contributed by atoms with Crippen molar-refractivity contribution >= 4 is 29.5 Å². The number of amides is 3. The number of aliphatic hydroxyl groups excluding tert-OH is 1. The van der Waals surface area contributed by atoms with Gasteiger partial charge < -0.3 is 14.6 Å². The van der Waals surface area contributed by atoms with Gasteiger partial charge >= 0.3 is 6.09 Å². The van der Waals surface area contributed by atoms with Gasteiger partial charge in [0.15, 0.2) is 11.6 Å². The van der Waals surface area contributed by atoms with Crippen LogP contribution in [-0.2, 0) is 23.9 Å². The number of methoxy groups -OCH3 is 1. The molecule has 1 heterocycles. The number of rotatable bonds is 4. The van der Waals surface area contributed by atoms with Crippen molar-refractivity contribution in [1.29, 1.82) is 0 Å². The minimum absolute atomic E-state index is 0.130. The Hall–Kier alpha value is -3.85. The molecule has 186 valence electrons. The molecule has 0 saturated carbocycles. The number of ether oxygens (including phenoxy) is 2. The topological polar surface area (TPSA) is 127 Å². The van der Waals surface area contributed by atoms with Crippen LogP contribution in [0.1, 0.15) is 31.2 Å². The second-order valence-corrected chi connectivity index (χ2v) is 9.35. The number of allylic oxidation sites excluding steroid dienone is 6. The standard InChI is InChI=1S/C27H25NO8/c1-13-11-20(30)23-19(24(13)31)12-18-16(21(23)14-3-5-15(6-4-14)36-10-9-29)7-8-17-22(18)26(33)28(25(17)32)27(34)35-2/h3-7,11,17-18,21-22,29H,8-10,12H2,1-2H3. The van der Waals surface area contributed by atoms with E-state index in [9.17, 15) is 24.0 Å². The zero-order valence-corrected chi connectivity index (χ0v) is 19.9. The van der Waals surface area contributed by atoms with Crippen LogP contribution in [0, 0.1) is 17.8 Å². The summed E-state index contributed by atoms with van der Waals surface area (Å²) in [5.41, 5.74) is 2.60. The van der Waals surface area contributed by atoms with E-state index in [1.165, 1.54) is 6.08 Å². The maximum atomic E-state index is 13.3. The molecule has 4 atom stereocenters. The molecule has 1 saturated heterocycles. The van der Waals surface area contributed by atoms with Gasteiger partial charge in [-0.25, -0.2) is 4.79 Å². The molecule has 1 aliphatic heterocycles. The van der Waals surface area contributed by atoms with Crippen molar-refractivity contribution in [3.05, 3.63) is 64.3 Å². The van der Waals surface area contributed by atoms with Crippen molar-refractivity contribution in [2.75, 3.05) is 20.3 Å². The first-order chi connectivity index (χ1) is 17.3. The van der Waals surface area contributed by atoms with Crippen LogP contribution in [0.5, 0.6) is 5.75 Å². The summed E-state index contributed by atoms with van der Waals surface area (Å²) >= 11 is 0. The molecule has 36 heavy (non-hydrogen) atoms. The van der Waals surface area contributed by atoms with Gasteiger partial charge in [0, 0.05) is 22.6 Å². The Morgan fingerprint density at radius 3 is 2.47 bits per heavy atom. The molecule has 0 aromatic heterocycles. The fourth-order valence-corrected chi connectivity index (χ4v) is 5.95. The Bertz CT molecular complexity index is 1290. The number of carbonyl (C=O) groups is 5. The van der Waals surface area contributed by atoms with E-state index in [-0.39, 0.29) is 37.6 Å². The third-order valence-corrected chi connectivity index (χ3v) is 7.49. The average molecular weight is 491 g/mol. The Morgan fingerprint density at radius 1 is 1.08 bits per heavy atom. The number of aliphatic hydroxyl groups is 1. The average Bonchev–Trinajstić information content (AvgIpc) is 3.14. The number of fused-ring (bicyclic) bond motifs is 3. The van der Waals surface area contributed by atoms with Crippen molar-refractivity contribution < 1.29 is 38.6 Å². The molecule has 4 aliphatic rings. The van der Waals surface area contributed by atoms with Crippen LogP contribution in [0.3, 0.4) is 0 Å². The van der Waals surface area contributed by atoms with Gasteiger partial charge in [-0.1, -0.05) is 23.8 Å². The molecule has 9 heteroatoms. The smallest absolute Gasteiger partial charge is 0.423 e. The van der Waals surface area contributed by atoms with Crippen LogP contribution >= 0.6 is 0 Å². The number of carbonyl (C=O) groups excluding carboxylic acids is 5. The van der Waals surface area contributed by atoms with Crippen LogP contribution in [0.15, 0.2) is 58.7 Å². The lowest BCUT2D eigenvalue weighted by atomic mass is 9.59. The minimum Gasteiger partial charge on any atom is -0.491 e. The quantitative estimate of drug-likeness (QED) is 0.386. The molecular weight excluding hydrogens is 466 g/mol. The lowest BCUT2D eigenvalue weighted by Gasteiger charge is -2.42. The van der Waals surface area contributed by atoms with Gasteiger partial charge in [0.2, 0.25) is 11.8 Å². The zero-order chi connectivity index (χ0) is 25.7. The largest absolute Gasteiger partial charge is 0.491 e. The number of likely N-dealkylation sites (tertiary alicyclic amines) is 1. The molecule has 1 aromatic rings. The number of nitrogens with zero attached hydrogens (tertiary/aromatic N) is 1. The maximum absolute atomic E-state index is 13.3. The Labute approximate surface area is 207 Å². The SMILES string of the molecule is COC(=O)N1C(=O)C2CC=C3C(c4ccc(OCCO)cc4)C4=C(CC3C2C1=O)C(=O)C(C)=CC4=O. The molecule has 5 rings (SSSR count). The molecule has 1 fully saturated rings. The van der Waals surface area contributed by atoms with Crippen molar-refractivity contribution in [1.82, 2.24) is 4.90 Å². The number of ketones is 2. The fraction of sp³-hybridized carbons (Fsp3) is 0.370. The summed E-state index contributed by atoms with van der Waals surface area (Å²) in [5, 5.41) is 9.01. The minimum atomic E-state index is -1.02. The lowest BCUT2D eigenvalue weighted by molar-refractivity contribution is -0.137. The Morgan fingerprint density at radius 2 is 1.81 bits per heavy atom. The van der Waals surface area contributed by atoms with Crippen LogP contribution in [0.25, 0.3) is 0 Å². The first-order valence-corrected chi connectivity index (χ1v) is 11.8. The predicted octanol–water partition coefficient (Wildman–Crippen LogP) is 2.25. The second-order valence-electron chi connectivity index (χ2n) is 9.35. The number of imide groups is 3. The van der Waals surface area contributed by atoms with Gasteiger partial charge in [-0.15, -0.1) is 0 Å². The first-order valence-electron chi connectivity index (χ1n) is 11.8. The van der Waals surface area contributed by atoms with Crippen LogP contribution in [-0.4, -0.2) is 59.8 Å². The molecule has 1 N–H and O–H groups in total. The van der Waals surface area contributed by atoms with E-state index in [4.69, 9.17) is 9.84 Å². The summed E-state index contributed by atoms with van der Waals surface area (Å²) in [4.78, 5) is 65.5. The number of hydrogen-bond acceptors (Lipinski definition) is 8. The Kier molecular flexibility index (Phi) is 5.96. The number of hydrogen-bond donors (Lipinski definition) is 1. The van der Waals surface area contributed by atoms with E-state index in [0.717, 1.165) is 18.2 Å². The molecule has 3 aliphatic carbocycles. The highest BCUT2D eigenvalue weighted by Crippen LogP contribution is 2.55. The highest BCUT2D eigenvalue weighted by atomic mass is 16.5. The fourth-order valence-electron chi connectivity index (χ4n) is 5.95. The molecule has 4 unspecified atom stereocenters. The first kappa shape index (κ1) is 23.9. The summed E-state index contributed by atoms with van der Waals surface area (Å²) in [7, 11) is 1.11. The highest BCUT2D eigenvalue weighted by Gasteiger charge is 2.58. The van der Waals surface area contributed by atoms with Gasteiger partial charge in [0.1, 0.15) is 12.4 Å². The zero-order valence-electron chi connectivity index (χ0n) is 19.9. The monoisotopic (exact) mass is 491 g/mol. The number of benzene rings is 1. The van der Waals surface area contributed by atoms with Gasteiger partial charge in [0.05, 0.1) is 25.6 Å². The van der Waals surface area contributed by atoms with E-state index in [1.54, 1.807) is 31.2 Å². The van der Waals surface area contributed by atoms with Crippen LogP contribution in [0.2, 0.25) is 0 Å². The predicted molar refractivity (Wildman–Crippen MR) is 125 cm³/mol. The summed E-state index contributed by atoms with van der Waals surface area (Å²) < 4.78 is 10.1. The van der Waals surface area contributed by atoms with Gasteiger partial charge in [-0.3, -0.25) is 19.2 Å². The van der Waals surface area contributed by atoms with Crippen molar-refractivity contribution in [3.8, 4) is 5.75 Å². The highest BCUT2D eigenvalue weighted by molar-refractivity contribution is 6.24. The molecule has 1 aromatic carbocycles. The van der Waals surface area contributed by atoms with E-state index < -0.39 is 41.6 Å². The Balaban J connectivity index is 1.61. The summed E-state index contributed by atoms with van der Waals surface area (Å²) in [6, 6.07) is 7.03. The van der Waals surface area contributed by atoms with E-state index in [2.05, 4.69) is 4.74 Å². The molecule has 3 amide bonds. The molecule has 0 bridgehead atoms. The number of Topliss-reactive ketones (excluding diaryl/α,β-unsaturated/α-hetero) is 1. The van der Waals surface area contributed by atoms with Gasteiger partial charge in [-0.2, -0.15) is 4.90 Å². The summed E-state index contributed by atoms with van der Waals surface area (Å²) in [6.45, 7) is 1.60. The normalized spacial score (nSPS) is 27.2. The summed E-state index contributed by atoms with van der Waals surface area (Å²) in [6.07, 6.45) is 2.59. The van der Waals surface area contributed by atoms with E-state index in [1.807, 2.05) is 6.08 Å². The van der Waals surface area contributed by atoms with Crippen LogP contribution < -0.4 is 4.74 Å². The van der Waals surface area contributed by atoms with E-state index in [0.29, 0.717) is 27.4 Å². The second kappa shape index (κ2) is 8.98. The van der Waals surface area contributed by atoms with E-state index >= 15 is 0 Å². The molecular formula is C27H25NO8. The van der Waals surface area contributed by atoms with Crippen LogP contribution in [0.4, 0.5) is 4.79 Å². The molecule has 9 nitrogen and oxygen atoms in total. The van der Waals surface area contributed by atoms with Gasteiger partial charge in [0.25, 0.3) is 0 Å². The van der Waals surface area contributed by atoms with Crippen molar-refractivity contribution in [2.45, 2.75) is 25.7 Å². The molecule has 0 spiro atoms. The lowest BCUT2D eigenvalue weighted by Crippen LogP contribution is -2.40. The third kappa shape index (κ3) is 3.53.